The lowest BCUT2D eigenvalue weighted by atomic mass is 9.96. The quantitative estimate of drug-likeness (QED) is 0.388. The third-order valence-corrected chi connectivity index (χ3v) is 5.56. The zero-order valence-corrected chi connectivity index (χ0v) is 23.7. The number of rotatable bonds is 0. The summed E-state index contributed by atoms with van der Waals surface area (Å²) < 4.78 is 5.08. The van der Waals surface area contributed by atoms with Crippen LogP contribution in [0.3, 0.4) is 0 Å². The van der Waals surface area contributed by atoms with Crippen LogP contribution in [0.4, 0.5) is 0 Å². The van der Waals surface area contributed by atoms with Crippen molar-refractivity contribution in [3.05, 3.63) is 45.1 Å². The van der Waals surface area contributed by atoms with Crippen molar-refractivity contribution in [2.24, 2.45) is 0 Å². The Hall–Kier alpha value is -3.30. The van der Waals surface area contributed by atoms with Crippen LogP contribution in [0, 0.1) is 0 Å². The van der Waals surface area contributed by atoms with Crippen molar-refractivity contribution in [2.45, 2.75) is 105 Å². The Morgan fingerprint density at radius 1 is 0.667 bits per heavy atom. The summed E-state index contributed by atoms with van der Waals surface area (Å²) in [5.74, 6) is 0.686. The molecule has 0 aliphatic rings. The molecule has 0 spiro atoms. The molecule has 10 heteroatoms. The van der Waals surface area contributed by atoms with Crippen LogP contribution in [0.1, 0.15) is 88.9 Å². The number of aromatic amines is 1. The molecule has 4 aromatic heterocycles. The van der Waals surface area contributed by atoms with Gasteiger partial charge in [-0.2, -0.15) is 15.3 Å². The van der Waals surface area contributed by atoms with Crippen LogP contribution in [-0.4, -0.2) is 39.3 Å². The summed E-state index contributed by atoms with van der Waals surface area (Å²) in [7, 11) is 0. The van der Waals surface area contributed by atoms with E-state index in [1.807, 2.05) is 83.1 Å². The number of fused-ring (bicyclic) bond motifs is 2. The highest BCUT2D eigenvalue weighted by Gasteiger charge is 2.24. The van der Waals surface area contributed by atoms with E-state index in [0.29, 0.717) is 22.4 Å². The predicted octanol–water partition coefficient (Wildman–Crippen LogP) is 4.28. The van der Waals surface area contributed by atoms with Gasteiger partial charge in [0, 0.05) is 10.8 Å². The maximum Gasteiger partial charge on any atom is 0.293 e. The highest BCUT2D eigenvalue weighted by Crippen LogP contribution is 2.22. The van der Waals surface area contributed by atoms with E-state index < -0.39 is 0 Å². The molecule has 0 bridgehead atoms. The summed E-state index contributed by atoms with van der Waals surface area (Å²) in [6.45, 7) is 24.2. The molecule has 0 saturated heterocycles. The number of hydrogen-bond acceptors (Lipinski definition) is 6. The zero-order chi connectivity index (χ0) is 27.4. The summed E-state index contributed by atoms with van der Waals surface area (Å²) in [5, 5.41) is 14.1. The van der Waals surface area contributed by atoms with Crippen LogP contribution in [0.5, 0.6) is 0 Å². The van der Waals surface area contributed by atoms with E-state index in [1.54, 1.807) is 28.0 Å². The van der Waals surface area contributed by atoms with Gasteiger partial charge in [-0.25, -0.2) is 14.3 Å². The second kappa shape index (κ2) is 8.67. The fourth-order valence-electron chi connectivity index (χ4n) is 3.69. The van der Waals surface area contributed by atoms with Gasteiger partial charge in [0.25, 0.3) is 11.1 Å². The molecule has 0 fully saturated rings. The molecule has 0 aromatic carbocycles. The van der Waals surface area contributed by atoms with E-state index in [2.05, 4.69) is 25.3 Å². The second-order valence-electron chi connectivity index (χ2n) is 13.2. The first-order chi connectivity index (χ1) is 16.2. The molecule has 4 aromatic rings. The van der Waals surface area contributed by atoms with Crippen molar-refractivity contribution in [3.63, 3.8) is 0 Å². The topological polar surface area (TPSA) is 116 Å². The van der Waals surface area contributed by atoms with Gasteiger partial charge in [0.1, 0.15) is 16.7 Å². The lowest BCUT2D eigenvalue weighted by Crippen LogP contribution is -2.37. The summed E-state index contributed by atoms with van der Waals surface area (Å²) in [4.78, 5) is 32.0. The molecule has 0 saturated carbocycles. The lowest BCUT2D eigenvalue weighted by Gasteiger charge is -2.23. The first-order valence-electron chi connectivity index (χ1n) is 12.2. The normalized spacial score (nSPS) is 13.2. The summed E-state index contributed by atoms with van der Waals surface area (Å²) >= 11 is 0. The van der Waals surface area contributed by atoms with E-state index in [9.17, 15) is 9.59 Å². The van der Waals surface area contributed by atoms with E-state index in [0.717, 1.165) is 5.39 Å². The molecule has 0 atom stereocenters. The van der Waals surface area contributed by atoms with Crippen molar-refractivity contribution in [2.75, 3.05) is 0 Å². The largest absolute Gasteiger partial charge is 0.309 e. The second-order valence-corrected chi connectivity index (χ2v) is 13.2. The van der Waals surface area contributed by atoms with Crippen LogP contribution < -0.4 is 11.1 Å². The number of aromatic nitrogens is 8. The minimum atomic E-state index is -0.335. The Labute approximate surface area is 211 Å². The molecule has 0 aliphatic heterocycles. The summed E-state index contributed by atoms with van der Waals surface area (Å²) in [6, 6.07) is 0. The fraction of sp³-hybridized carbons (Fsp3) is 0.615. The SMILES string of the molecule is CC(C)(C)c1nc2c(cnn2C(C)(C)C)c(=O)[nH]1.CC(C)(C)n1ncc2cnn(C(C)(C)C)c2c1=O. The van der Waals surface area contributed by atoms with Crippen molar-refractivity contribution in [1.82, 2.24) is 39.3 Å². The molecular formula is C26H40N8O2. The van der Waals surface area contributed by atoms with Gasteiger partial charge in [-0.3, -0.25) is 14.3 Å². The predicted molar refractivity (Wildman–Crippen MR) is 144 cm³/mol. The number of nitrogens with zero attached hydrogens (tertiary/aromatic N) is 7. The Morgan fingerprint density at radius 3 is 1.61 bits per heavy atom. The summed E-state index contributed by atoms with van der Waals surface area (Å²) in [6.07, 6.45) is 4.98. The lowest BCUT2D eigenvalue weighted by molar-refractivity contribution is 0.333. The first kappa shape index (κ1) is 27.3. The van der Waals surface area contributed by atoms with E-state index in [1.165, 1.54) is 4.68 Å². The third-order valence-electron chi connectivity index (χ3n) is 5.56. The maximum atomic E-state index is 12.5. The van der Waals surface area contributed by atoms with E-state index >= 15 is 0 Å². The van der Waals surface area contributed by atoms with Gasteiger partial charge in [0.2, 0.25) is 0 Å². The van der Waals surface area contributed by atoms with Gasteiger partial charge in [0.05, 0.1) is 35.2 Å². The van der Waals surface area contributed by atoms with Crippen LogP contribution in [0.25, 0.3) is 21.9 Å². The highest BCUT2D eigenvalue weighted by molar-refractivity contribution is 5.76. The average Bonchev–Trinajstić information content (AvgIpc) is 3.31. The molecule has 4 rings (SSSR count). The molecule has 196 valence electrons. The van der Waals surface area contributed by atoms with Crippen molar-refractivity contribution in [1.29, 1.82) is 0 Å². The number of hydrogen-bond donors (Lipinski definition) is 1. The van der Waals surface area contributed by atoms with Crippen LogP contribution >= 0.6 is 0 Å². The van der Waals surface area contributed by atoms with Gasteiger partial charge in [-0.05, 0) is 62.3 Å². The minimum Gasteiger partial charge on any atom is -0.309 e. The minimum absolute atomic E-state index is 0.0903. The first-order valence-corrected chi connectivity index (χ1v) is 12.2. The smallest absolute Gasteiger partial charge is 0.293 e. The van der Waals surface area contributed by atoms with Crippen molar-refractivity contribution in [3.8, 4) is 0 Å². The average molecular weight is 497 g/mol. The third kappa shape index (κ3) is 5.27. The van der Waals surface area contributed by atoms with Gasteiger partial charge in [-0.15, -0.1) is 0 Å². The van der Waals surface area contributed by atoms with Crippen molar-refractivity contribution < 1.29 is 0 Å². The van der Waals surface area contributed by atoms with Crippen LogP contribution in [0.15, 0.2) is 28.2 Å². The molecule has 0 radical (unpaired) electrons. The fourth-order valence-corrected chi connectivity index (χ4v) is 3.69. The van der Waals surface area contributed by atoms with Gasteiger partial charge in [-0.1, -0.05) is 20.8 Å². The summed E-state index contributed by atoms with van der Waals surface area (Å²) in [5.41, 5.74) is 0.102. The van der Waals surface area contributed by atoms with Gasteiger partial charge >= 0.3 is 0 Å². The van der Waals surface area contributed by atoms with Crippen LogP contribution in [0.2, 0.25) is 0 Å². The molecular weight excluding hydrogens is 456 g/mol. The number of nitrogens with one attached hydrogen (secondary N) is 1. The van der Waals surface area contributed by atoms with Crippen molar-refractivity contribution >= 4 is 21.9 Å². The van der Waals surface area contributed by atoms with E-state index in [4.69, 9.17) is 0 Å². The molecule has 0 aliphatic carbocycles. The zero-order valence-electron chi connectivity index (χ0n) is 23.7. The Kier molecular flexibility index (Phi) is 6.57. The molecule has 4 heterocycles. The van der Waals surface area contributed by atoms with Gasteiger partial charge in [0.15, 0.2) is 5.65 Å². The standard InChI is InChI=1S/2C13H20N4O/c1-12(2,3)16-10-9(7-14-16)8-15-17(11(10)18)13(4,5)6;1-12(2,3)11-15-9-8(10(18)16-11)7-14-17(9)13(4,5)6/h7-8H,1-6H3;7H,1-6H3,(H,15,16,18). The molecule has 10 nitrogen and oxygen atoms in total. The van der Waals surface area contributed by atoms with E-state index in [-0.39, 0.29) is 33.2 Å². The van der Waals surface area contributed by atoms with Gasteiger partial charge < -0.3 is 4.98 Å². The Morgan fingerprint density at radius 2 is 1.14 bits per heavy atom. The Bertz CT molecular complexity index is 1510. The number of H-pyrrole nitrogens is 1. The maximum absolute atomic E-state index is 12.5. The Balaban J connectivity index is 0.000000201. The molecule has 0 unspecified atom stereocenters. The molecule has 1 N–H and O–H groups in total. The molecule has 36 heavy (non-hydrogen) atoms. The monoisotopic (exact) mass is 496 g/mol. The molecule has 0 amide bonds. The highest BCUT2D eigenvalue weighted by atomic mass is 16.1. The van der Waals surface area contributed by atoms with Crippen LogP contribution in [-0.2, 0) is 22.0 Å².